The van der Waals surface area contributed by atoms with Gasteiger partial charge in [0.1, 0.15) is 33.9 Å². The van der Waals surface area contributed by atoms with Crippen molar-refractivity contribution in [1.82, 2.24) is 0 Å². The number of guanidine groups is 2. The SMILES string of the molecule is Cc1cc(N(C(=O)OC(C)(C)C)C(N)=NC(=O)OC(C)(C)C)ccc1-c1ccc(-c2ccc(N(C(=O)OC(C)(C)C)C(N)=NC(=O)OC(C)(C)C)cc2C)o1. The van der Waals surface area contributed by atoms with E-state index in [1.807, 2.05) is 13.8 Å². The van der Waals surface area contributed by atoms with Gasteiger partial charge < -0.3 is 34.8 Å². The van der Waals surface area contributed by atoms with Gasteiger partial charge in [0.25, 0.3) is 0 Å². The summed E-state index contributed by atoms with van der Waals surface area (Å²) in [5.41, 5.74) is 12.4. The van der Waals surface area contributed by atoms with E-state index in [9.17, 15) is 19.2 Å². The monoisotopic (exact) mass is 762 g/mol. The number of anilines is 2. The smallest absolute Gasteiger partial charge is 0.437 e. The molecule has 0 saturated heterocycles. The first kappa shape index (κ1) is 43.5. The van der Waals surface area contributed by atoms with Crippen molar-refractivity contribution in [2.45, 2.75) is 119 Å². The number of benzene rings is 2. The van der Waals surface area contributed by atoms with Crippen LogP contribution in [0, 0.1) is 13.8 Å². The van der Waals surface area contributed by atoms with Gasteiger partial charge in [-0.25, -0.2) is 29.0 Å². The van der Waals surface area contributed by atoms with Crippen molar-refractivity contribution >= 4 is 47.7 Å². The van der Waals surface area contributed by atoms with Crippen LogP contribution in [0.5, 0.6) is 0 Å². The molecule has 0 aliphatic carbocycles. The minimum absolute atomic E-state index is 0.294. The molecule has 298 valence electrons. The summed E-state index contributed by atoms with van der Waals surface area (Å²) in [5, 5.41) is 0. The molecule has 1 heterocycles. The minimum atomic E-state index is -0.965. The summed E-state index contributed by atoms with van der Waals surface area (Å²) in [6.07, 6.45) is -3.61. The number of rotatable bonds is 4. The van der Waals surface area contributed by atoms with Crippen LogP contribution in [0.15, 0.2) is 62.9 Å². The number of amides is 4. The average Bonchev–Trinajstić information content (AvgIpc) is 3.43. The highest BCUT2D eigenvalue weighted by Crippen LogP contribution is 2.35. The fraction of sp³-hybridized carbons (Fsp3) is 0.450. The van der Waals surface area contributed by atoms with Crippen LogP contribution >= 0.6 is 0 Å². The fourth-order valence-electron chi connectivity index (χ4n) is 4.89. The third-order valence-electron chi connectivity index (χ3n) is 6.88. The van der Waals surface area contributed by atoms with Gasteiger partial charge in [0.2, 0.25) is 11.9 Å². The van der Waals surface area contributed by atoms with E-state index in [-0.39, 0.29) is 0 Å². The Morgan fingerprint density at radius 2 is 0.836 bits per heavy atom. The maximum Gasteiger partial charge on any atom is 0.437 e. The predicted molar refractivity (Wildman–Crippen MR) is 212 cm³/mol. The Morgan fingerprint density at radius 1 is 0.527 bits per heavy atom. The summed E-state index contributed by atoms with van der Waals surface area (Å²) in [7, 11) is 0. The topological polar surface area (TPSA) is 202 Å². The summed E-state index contributed by atoms with van der Waals surface area (Å²) in [6, 6.07) is 13.7. The molecule has 0 aliphatic heterocycles. The molecule has 0 radical (unpaired) electrons. The Kier molecular flexibility index (Phi) is 12.9. The molecule has 0 fully saturated rings. The van der Waals surface area contributed by atoms with Crippen LogP contribution < -0.4 is 21.3 Å². The van der Waals surface area contributed by atoms with Crippen molar-refractivity contribution in [3.05, 3.63) is 59.7 Å². The largest absolute Gasteiger partial charge is 0.456 e. The average molecular weight is 763 g/mol. The second-order valence-electron chi connectivity index (χ2n) is 16.7. The van der Waals surface area contributed by atoms with Gasteiger partial charge in [-0.1, -0.05) is 0 Å². The highest BCUT2D eigenvalue weighted by Gasteiger charge is 2.30. The number of nitrogens with zero attached hydrogens (tertiary/aromatic N) is 4. The molecule has 3 rings (SSSR count). The lowest BCUT2D eigenvalue weighted by atomic mass is 10.0. The van der Waals surface area contributed by atoms with Crippen molar-refractivity contribution in [3.8, 4) is 22.6 Å². The Hall–Kier alpha value is -5.86. The van der Waals surface area contributed by atoms with Gasteiger partial charge in [0.15, 0.2) is 0 Å². The molecule has 4 N–H and O–H groups in total. The lowest BCUT2D eigenvalue weighted by molar-refractivity contribution is 0.0577. The summed E-state index contributed by atoms with van der Waals surface area (Å²) < 4.78 is 28.0. The van der Waals surface area contributed by atoms with Gasteiger partial charge in [0, 0.05) is 11.1 Å². The number of nitrogens with two attached hydrogens (primary N) is 2. The van der Waals surface area contributed by atoms with Crippen LogP contribution in [0.1, 0.15) is 94.2 Å². The number of ether oxygens (including phenoxy) is 4. The number of aliphatic imine (C=N–C) groups is 2. The van der Waals surface area contributed by atoms with Crippen LogP contribution in [0.3, 0.4) is 0 Å². The van der Waals surface area contributed by atoms with Crippen LogP contribution in [-0.4, -0.2) is 58.7 Å². The molecule has 4 amide bonds. The lowest BCUT2D eigenvalue weighted by Crippen LogP contribution is -2.45. The van der Waals surface area contributed by atoms with Crippen molar-refractivity contribution in [2.24, 2.45) is 21.5 Å². The maximum absolute atomic E-state index is 13.3. The summed E-state index contributed by atoms with van der Waals surface area (Å²) in [6.45, 7) is 24.0. The van der Waals surface area contributed by atoms with Gasteiger partial charge in [-0.15, -0.1) is 9.98 Å². The van der Waals surface area contributed by atoms with Crippen molar-refractivity contribution in [1.29, 1.82) is 0 Å². The molecule has 0 aliphatic rings. The van der Waals surface area contributed by atoms with Crippen molar-refractivity contribution < 1.29 is 42.5 Å². The zero-order chi connectivity index (χ0) is 41.8. The third-order valence-corrected chi connectivity index (χ3v) is 6.88. The van der Waals surface area contributed by atoms with Gasteiger partial charge in [-0.3, -0.25) is 0 Å². The van der Waals surface area contributed by atoms with E-state index < -0.39 is 58.7 Å². The highest BCUT2D eigenvalue weighted by molar-refractivity contribution is 6.16. The minimum Gasteiger partial charge on any atom is -0.456 e. The molecule has 15 heteroatoms. The van der Waals surface area contributed by atoms with Crippen LogP contribution in [0.2, 0.25) is 0 Å². The first-order valence-electron chi connectivity index (χ1n) is 17.6. The van der Waals surface area contributed by atoms with Crippen LogP contribution in [0.25, 0.3) is 22.6 Å². The molecule has 55 heavy (non-hydrogen) atoms. The van der Waals surface area contributed by atoms with Gasteiger partial charge in [-0.05, 0) is 157 Å². The quantitative estimate of drug-likeness (QED) is 0.146. The number of aryl methyl sites for hydroxylation is 2. The fourth-order valence-corrected chi connectivity index (χ4v) is 4.89. The molecule has 0 atom stereocenters. The zero-order valence-corrected chi connectivity index (χ0v) is 34.2. The van der Waals surface area contributed by atoms with Crippen LogP contribution in [0.4, 0.5) is 30.6 Å². The number of furan rings is 1. The molecular weight excluding hydrogens is 708 g/mol. The molecule has 2 aromatic carbocycles. The molecule has 0 saturated carbocycles. The number of carbonyl (C=O) groups is 4. The molecule has 3 aromatic rings. The van der Waals surface area contributed by atoms with Crippen LogP contribution in [-0.2, 0) is 18.9 Å². The van der Waals surface area contributed by atoms with E-state index >= 15 is 0 Å². The zero-order valence-electron chi connectivity index (χ0n) is 34.2. The summed E-state index contributed by atoms with van der Waals surface area (Å²) >= 11 is 0. The van der Waals surface area contributed by atoms with Gasteiger partial charge >= 0.3 is 24.4 Å². The Morgan fingerprint density at radius 3 is 1.11 bits per heavy atom. The highest BCUT2D eigenvalue weighted by atomic mass is 16.6. The summed E-state index contributed by atoms with van der Waals surface area (Å²) in [4.78, 5) is 61.2. The molecular formula is C40H54N6O9. The van der Waals surface area contributed by atoms with E-state index in [4.69, 9.17) is 34.8 Å². The number of hydrogen-bond acceptors (Lipinski definition) is 9. The van der Waals surface area contributed by atoms with Crippen molar-refractivity contribution in [2.75, 3.05) is 9.80 Å². The molecule has 0 spiro atoms. The number of hydrogen-bond donors (Lipinski definition) is 2. The first-order valence-corrected chi connectivity index (χ1v) is 17.6. The standard InChI is InChI=1S/C40H54N6O9/c1-23-21-25(45(35(49)54-39(9,10)11)31(41)43-33(47)52-37(3,4)5)15-17-27(23)29-19-20-30(51-29)28-18-16-26(22-24(28)2)46(36(50)55-40(12,13)14)32(42)44-34(48)53-38(6,7)8/h15-22H,1-14H3,(H2,41,43,47)(H2,42,44,48). The van der Waals surface area contributed by atoms with E-state index in [0.717, 1.165) is 9.80 Å². The summed E-state index contributed by atoms with van der Waals surface area (Å²) in [5.74, 6) is 0.174. The molecule has 0 unspecified atom stereocenters. The van der Waals surface area contributed by atoms with Gasteiger partial charge in [-0.2, -0.15) is 0 Å². The first-order chi connectivity index (χ1) is 25.0. The molecule has 15 nitrogen and oxygen atoms in total. The predicted octanol–water partition coefficient (Wildman–Crippen LogP) is 9.21. The molecule has 1 aromatic heterocycles. The Bertz CT molecular complexity index is 1850. The van der Waals surface area contributed by atoms with E-state index in [2.05, 4.69) is 9.98 Å². The number of carbonyl (C=O) groups excluding carboxylic acids is 4. The second-order valence-corrected chi connectivity index (χ2v) is 16.7. The van der Waals surface area contributed by atoms with Gasteiger partial charge in [0.05, 0.1) is 11.4 Å². The Balaban J connectivity index is 2.00. The Labute approximate surface area is 322 Å². The normalized spacial score (nSPS) is 12.8. The van der Waals surface area contributed by atoms with Crippen molar-refractivity contribution in [3.63, 3.8) is 0 Å². The maximum atomic E-state index is 13.3. The van der Waals surface area contributed by atoms with E-state index in [1.165, 1.54) is 0 Å². The molecule has 0 bridgehead atoms. The van der Waals surface area contributed by atoms with E-state index in [1.54, 1.807) is 132 Å². The van der Waals surface area contributed by atoms with E-state index in [0.29, 0.717) is 45.1 Å². The lowest BCUT2D eigenvalue weighted by Gasteiger charge is -2.27. The third kappa shape index (κ3) is 12.9. The second kappa shape index (κ2) is 16.2.